The van der Waals surface area contributed by atoms with Crippen molar-refractivity contribution in [3.05, 3.63) is 24.2 Å². The average molecular weight is 266 g/mol. The van der Waals surface area contributed by atoms with Gasteiger partial charge in [0.05, 0.1) is 12.9 Å². The van der Waals surface area contributed by atoms with Crippen LogP contribution in [0.3, 0.4) is 0 Å². The Bertz CT molecular complexity index is 395. The lowest BCUT2D eigenvalue weighted by atomic mass is 9.98. The van der Waals surface area contributed by atoms with Crippen molar-refractivity contribution in [2.45, 2.75) is 51.2 Å². The van der Waals surface area contributed by atoms with Crippen LogP contribution in [0.2, 0.25) is 0 Å². The third kappa shape index (κ3) is 3.10. The smallest absolute Gasteiger partial charge is 0.318 e. The number of furan rings is 1. The fourth-order valence-corrected chi connectivity index (χ4v) is 2.74. The van der Waals surface area contributed by atoms with Crippen LogP contribution in [0, 0.1) is 0 Å². The maximum Gasteiger partial charge on any atom is 0.318 e. The number of carbonyl (C=O) groups is 1. The Morgan fingerprint density at radius 1 is 1.53 bits per heavy atom. The van der Waals surface area contributed by atoms with Gasteiger partial charge in [0, 0.05) is 12.1 Å². The number of hydrogen-bond acceptors (Lipinski definition) is 3. The van der Waals surface area contributed by atoms with Crippen LogP contribution in [-0.4, -0.2) is 34.7 Å². The van der Waals surface area contributed by atoms with Crippen molar-refractivity contribution >= 4 is 6.03 Å². The predicted molar refractivity (Wildman–Crippen MR) is 71.7 cm³/mol. The zero-order valence-corrected chi connectivity index (χ0v) is 11.5. The Balaban J connectivity index is 2.02. The van der Waals surface area contributed by atoms with Crippen LogP contribution in [0.4, 0.5) is 4.79 Å². The molecule has 5 heteroatoms. The van der Waals surface area contributed by atoms with Gasteiger partial charge in [-0.2, -0.15) is 0 Å². The molecule has 1 fully saturated rings. The number of aliphatic hydroxyl groups is 1. The first-order valence-electron chi connectivity index (χ1n) is 6.86. The molecule has 106 valence electrons. The quantitative estimate of drug-likeness (QED) is 0.882. The second-order valence-corrected chi connectivity index (χ2v) is 5.24. The van der Waals surface area contributed by atoms with Gasteiger partial charge >= 0.3 is 6.03 Å². The van der Waals surface area contributed by atoms with E-state index in [1.165, 1.54) is 6.26 Å². The number of piperidine rings is 1. The largest absolute Gasteiger partial charge is 0.467 e. The van der Waals surface area contributed by atoms with E-state index in [1.807, 2.05) is 4.90 Å². The van der Waals surface area contributed by atoms with E-state index in [9.17, 15) is 9.90 Å². The van der Waals surface area contributed by atoms with Crippen LogP contribution >= 0.6 is 0 Å². The molecule has 1 aromatic heterocycles. The fourth-order valence-electron chi connectivity index (χ4n) is 2.74. The number of nitrogens with zero attached hydrogens (tertiary/aromatic N) is 1. The lowest BCUT2D eigenvalue weighted by molar-refractivity contribution is 0.115. The number of urea groups is 1. The van der Waals surface area contributed by atoms with Crippen molar-refractivity contribution < 1.29 is 14.3 Å². The van der Waals surface area contributed by atoms with Crippen molar-refractivity contribution in [1.82, 2.24) is 10.2 Å². The molecule has 1 aliphatic heterocycles. The molecule has 0 aromatic carbocycles. The Kier molecular flexibility index (Phi) is 4.47. The van der Waals surface area contributed by atoms with Crippen molar-refractivity contribution in [2.75, 3.05) is 6.61 Å². The molecule has 0 aliphatic carbocycles. The van der Waals surface area contributed by atoms with Gasteiger partial charge in [0.15, 0.2) is 0 Å². The molecule has 0 saturated carbocycles. The number of carbonyl (C=O) groups excluding carboxylic acids is 1. The number of hydrogen-bond donors (Lipinski definition) is 2. The zero-order chi connectivity index (χ0) is 13.8. The van der Waals surface area contributed by atoms with Gasteiger partial charge in [-0.3, -0.25) is 0 Å². The van der Waals surface area contributed by atoms with Crippen LogP contribution < -0.4 is 5.32 Å². The van der Waals surface area contributed by atoms with E-state index in [1.54, 1.807) is 12.1 Å². The minimum atomic E-state index is -0.483. The number of likely N-dealkylation sites (tertiary alicyclic amines) is 1. The van der Waals surface area contributed by atoms with Crippen molar-refractivity contribution in [3.8, 4) is 0 Å². The Labute approximate surface area is 113 Å². The van der Waals surface area contributed by atoms with Gasteiger partial charge in [0.2, 0.25) is 0 Å². The summed E-state index contributed by atoms with van der Waals surface area (Å²) in [5, 5.41) is 12.2. The normalized spacial score (nSPS) is 25.1. The van der Waals surface area contributed by atoms with Gasteiger partial charge in [0.1, 0.15) is 11.8 Å². The molecule has 2 amide bonds. The number of rotatable bonds is 3. The molecular weight excluding hydrogens is 244 g/mol. The molecule has 19 heavy (non-hydrogen) atoms. The lowest BCUT2D eigenvalue weighted by Gasteiger charge is -2.39. The van der Waals surface area contributed by atoms with Gasteiger partial charge in [-0.1, -0.05) is 0 Å². The van der Waals surface area contributed by atoms with Gasteiger partial charge in [-0.15, -0.1) is 0 Å². The second kappa shape index (κ2) is 6.10. The molecule has 0 bridgehead atoms. The molecule has 2 heterocycles. The summed E-state index contributed by atoms with van der Waals surface area (Å²) in [5.41, 5.74) is 0. The molecular formula is C14H22N2O3. The first kappa shape index (κ1) is 13.9. The maximum absolute atomic E-state index is 12.3. The first-order valence-corrected chi connectivity index (χ1v) is 6.86. The van der Waals surface area contributed by atoms with E-state index in [0.717, 1.165) is 19.3 Å². The van der Waals surface area contributed by atoms with E-state index in [2.05, 4.69) is 19.2 Å². The SMILES string of the molecule is CC1CCCC(C)N1C(=O)NC(CO)c1ccco1. The van der Waals surface area contributed by atoms with E-state index in [4.69, 9.17) is 4.42 Å². The highest BCUT2D eigenvalue weighted by atomic mass is 16.3. The molecule has 0 spiro atoms. The molecule has 5 nitrogen and oxygen atoms in total. The predicted octanol–water partition coefficient (Wildman–Crippen LogP) is 2.29. The summed E-state index contributed by atoms with van der Waals surface area (Å²) in [6.07, 6.45) is 4.76. The van der Waals surface area contributed by atoms with Gasteiger partial charge < -0.3 is 19.7 Å². The average Bonchev–Trinajstić information content (AvgIpc) is 2.89. The number of amides is 2. The second-order valence-electron chi connectivity index (χ2n) is 5.24. The summed E-state index contributed by atoms with van der Waals surface area (Å²) in [6, 6.07) is 3.36. The topological polar surface area (TPSA) is 65.7 Å². The number of nitrogens with one attached hydrogen (secondary N) is 1. The molecule has 3 atom stereocenters. The molecule has 2 rings (SSSR count). The minimum absolute atomic E-state index is 0.129. The highest BCUT2D eigenvalue weighted by Gasteiger charge is 2.30. The molecule has 0 radical (unpaired) electrons. The summed E-state index contributed by atoms with van der Waals surface area (Å²) in [4.78, 5) is 14.2. The molecule has 1 aliphatic rings. The Morgan fingerprint density at radius 2 is 2.21 bits per heavy atom. The highest BCUT2D eigenvalue weighted by molar-refractivity contribution is 5.75. The van der Waals surface area contributed by atoms with Crippen LogP contribution in [-0.2, 0) is 0 Å². The van der Waals surface area contributed by atoms with Gasteiger partial charge in [0.25, 0.3) is 0 Å². The monoisotopic (exact) mass is 266 g/mol. The van der Waals surface area contributed by atoms with Gasteiger partial charge in [-0.05, 0) is 45.2 Å². The minimum Gasteiger partial charge on any atom is -0.467 e. The summed E-state index contributed by atoms with van der Waals surface area (Å²) < 4.78 is 5.24. The van der Waals surface area contributed by atoms with E-state index < -0.39 is 6.04 Å². The number of aliphatic hydroxyl groups excluding tert-OH is 1. The summed E-state index contributed by atoms with van der Waals surface area (Å²) in [6.45, 7) is 3.96. The Hall–Kier alpha value is -1.49. The zero-order valence-electron chi connectivity index (χ0n) is 11.5. The molecule has 1 aromatic rings. The van der Waals surface area contributed by atoms with Crippen LogP contribution in [0.5, 0.6) is 0 Å². The molecule has 1 saturated heterocycles. The van der Waals surface area contributed by atoms with Crippen LogP contribution in [0.1, 0.15) is 44.9 Å². The van der Waals surface area contributed by atoms with E-state index >= 15 is 0 Å². The lowest BCUT2D eigenvalue weighted by Crippen LogP contribution is -2.52. The van der Waals surface area contributed by atoms with Crippen molar-refractivity contribution in [3.63, 3.8) is 0 Å². The Morgan fingerprint density at radius 3 is 2.74 bits per heavy atom. The van der Waals surface area contributed by atoms with Gasteiger partial charge in [-0.25, -0.2) is 4.79 Å². The summed E-state index contributed by atoms with van der Waals surface area (Å²) in [5.74, 6) is 0.577. The summed E-state index contributed by atoms with van der Waals surface area (Å²) >= 11 is 0. The summed E-state index contributed by atoms with van der Waals surface area (Å²) in [7, 11) is 0. The highest BCUT2D eigenvalue weighted by Crippen LogP contribution is 2.23. The third-order valence-corrected chi connectivity index (χ3v) is 3.79. The van der Waals surface area contributed by atoms with Crippen molar-refractivity contribution in [2.24, 2.45) is 0 Å². The van der Waals surface area contributed by atoms with Crippen LogP contribution in [0.15, 0.2) is 22.8 Å². The van der Waals surface area contributed by atoms with E-state index in [-0.39, 0.29) is 24.7 Å². The first-order chi connectivity index (χ1) is 9.13. The maximum atomic E-state index is 12.3. The van der Waals surface area contributed by atoms with E-state index in [0.29, 0.717) is 5.76 Å². The molecule has 3 unspecified atom stereocenters. The third-order valence-electron chi connectivity index (χ3n) is 3.79. The molecule has 2 N–H and O–H groups in total. The fraction of sp³-hybridized carbons (Fsp3) is 0.643. The van der Waals surface area contributed by atoms with Crippen LogP contribution in [0.25, 0.3) is 0 Å². The van der Waals surface area contributed by atoms with Crippen molar-refractivity contribution in [1.29, 1.82) is 0 Å². The standard InChI is InChI=1S/C14H22N2O3/c1-10-5-3-6-11(2)16(10)14(18)15-12(9-17)13-7-4-8-19-13/h4,7-8,10-12,17H,3,5-6,9H2,1-2H3,(H,15,18).